The highest BCUT2D eigenvalue weighted by Gasteiger charge is 2.20. The van der Waals surface area contributed by atoms with E-state index in [1.807, 2.05) is 0 Å². The number of unbranched alkanes of at least 4 members (excludes halogenated alkanes) is 6. The van der Waals surface area contributed by atoms with Gasteiger partial charge in [-0.3, -0.25) is 9.59 Å². The van der Waals surface area contributed by atoms with Crippen LogP contribution in [0.5, 0.6) is 0 Å². The molecule has 3 aromatic rings. The largest absolute Gasteiger partial charge is 0.297 e. The van der Waals surface area contributed by atoms with E-state index in [4.69, 9.17) is 0 Å². The molecule has 0 spiro atoms. The van der Waals surface area contributed by atoms with Crippen molar-refractivity contribution in [3.63, 3.8) is 0 Å². The van der Waals surface area contributed by atoms with Crippen molar-refractivity contribution in [2.24, 2.45) is 0 Å². The summed E-state index contributed by atoms with van der Waals surface area (Å²) in [4.78, 5) is 30.4. The standard InChI is InChI=1S/C42H56O2S3/c1-7-13-19-31-32(20-14-8-2)38(26-28-40-34(22-16-10-4)36(24-18-12-6)42(30-44)47-40)45-37(31)25-27-39-33(21-15-9-3)35(23-17-11-5)41(29-43)46-39/h29-30H,7-24H2,1-6H3. The van der Waals surface area contributed by atoms with Crippen molar-refractivity contribution in [3.05, 3.63) is 62.6 Å². The van der Waals surface area contributed by atoms with Crippen LogP contribution < -0.4 is 0 Å². The van der Waals surface area contributed by atoms with Crippen molar-refractivity contribution in [1.29, 1.82) is 0 Å². The van der Waals surface area contributed by atoms with Gasteiger partial charge in [0.1, 0.15) is 0 Å². The highest BCUT2D eigenvalue weighted by molar-refractivity contribution is 7.15. The molecule has 2 nitrogen and oxygen atoms in total. The minimum absolute atomic E-state index is 0.865. The Kier molecular flexibility index (Phi) is 17.9. The Balaban J connectivity index is 2.18. The maximum Gasteiger partial charge on any atom is 0.160 e. The first-order valence-electron chi connectivity index (χ1n) is 18.4. The predicted octanol–water partition coefficient (Wildman–Crippen LogP) is 12.4. The maximum atomic E-state index is 12.1. The molecule has 3 rings (SSSR count). The van der Waals surface area contributed by atoms with Gasteiger partial charge >= 0.3 is 0 Å². The van der Waals surface area contributed by atoms with E-state index in [1.165, 1.54) is 33.4 Å². The molecule has 47 heavy (non-hydrogen) atoms. The second-order valence-electron chi connectivity index (χ2n) is 12.6. The van der Waals surface area contributed by atoms with Gasteiger partial charge in [-0.2, -0.15) is 0 Å². The molecule has 0 atom stereocenters. The van der Waals surface area contributed by atoms with Crippen LogP contribution in [0.2, 0.25) is 0 Å². The monoisotopic (exact) mass is 688 g/mol. The lowest BCUT2D eigenvalue weighted by Crippen LogP contribution is -1.96. The van der Waals surface area contributed by atoms with Crippen molar-refractivity contribution in [3.8, 4) is 23.7 Å². The molecule has 0 aliphatic rings. The Hall–Kier alpha value is -2.44. The number of hydrogen-bond acceptors (Lipinski definition) is 5. The van der Waals surface area contributed by atoms with Gasteiger partial charge in [-0.1, -0.05) is 80.1 Å². The summed E-state index contributed by atoms with van der Waals surface area (Å²) in [6, 6.07) is 0. The molecular formula is C42H56O2S3. The number of hydrogen-bond donors (Lipinski definition) is 0. The number of thiophene rings is 3. The number of rotatable bonds is 20. The molecule has 0 aromatic carbocycles. The van der Waals surface area contributed by atoms with Crippen molar-refractivity contribution >= 4 is 46.6 Å². The molecular weight excluding hydrogens is 633 g/mol. The van der Waals surface area contributed by atoms with Crippen molar-refractivity contribution < 1.29 is 9.59 Å². The Morgan fingerprint density at radius 2 is 0.617 bits per heavy atom. The molecule has 3 heterocycles. The lowest BCUT2D eigenvalue weighted by Gasteiger charge is -2.06. The summed E-state index contributed by atoms with van der Waals surface area (Å²) in [6.07, 6.45) is 21.4. The molecule has 254 valence electrons. The molecule has 0 N–H and O–H groups in total. The van der Waals surface area contributed by atoms with Crippen LogP contribution in [-0.4, -0.2) is 12.6 Å². The van der Waals surface area contributed by atoms with Gasteiger partial charge in [0.2, 0.25) is 0 Å². The zero-order valence-electron chi connectivity index (χ0n) is 29.9. The van der Waals surface area contributed by atoms with E-state index in [1.54, 1.807) is 34.0 Å². The summed E-state index contributed by atoms with van der Waals surface area (Å²) in [6.45, 7) is 13.4. The van der Waals surface area contributed by atoms with Crippen LogP contribution in [-0.2, 0) is 38.5 Å². The molecule has 0 saturated carbocycles. The minimum atomic E-state index is 0.865. The Morgan fingerprint density at radius 3 is 0.872 bits per heavy atom. The Morgan fingerprint density at radius 1 is 0.383 bits per heavy atom. The Bertz CT molecular complexity index is 1440. The smallest absolute Gasteiger partial charge is 0.160 e. The van der Waals surface area contributed by atoms with Crippen LogP contribution in [0.4, 0.5) is 0 Å². The molecule has 5 heteroatoms. The van der Waals surface area contributed by atoms with Crippen LogP contribution in [0.25, 0.3) is 0 Å². The lowest BCUT2D eigenvalue weighted by atomic mass is 9.97. The first kappa shape index (κ1) is 39.0. The third-order valence-electron chi connectivity index (χ3n) is 8.89. The summed E-state index contributed by atoms with van der Waals surface area (Å²) in [5, 5.41) is 0. The second kappa shape index (κ2) is 21.5. The van der Waals surface area contributed by atoms with Crippen molar-refractivity contribution in [2.75, 3.05) is 0 Å². The van der Waals surface area contributed by atoms with Gasteiger partial charge in [0.15, 0.2) is 12.6 Å². The zero-order valence-corrected chi connectivity index (χ0v) is 32.4. The molecule has 0 bridgehead atoms. The first-order chi connectivity index (χ1) is 23.0. The average Bonchev–Trinajstić information content (AvgIpc) is 3.73. The molecule has 0 saturated heterocycles. The molecule has 0 unspecified atom stereocenters. The third kappa shape index (κ3) is 10.8. The van der Waals surface area contributed by atoms with E-state index in [0.29, 0.717) is 0 Å². The van der Waals surface area contributed by atoms with Gasteiger partial charge in [-0.25, -0.2) is 0 Å². The van der Waals surface area contributed by atoms with Crippen LogP contribution in [0.1, 0.15) is 191 Å². The number of aldehydes is 2. The Labute approximate surface area is 298 Å². The van der Waals surface area contributed by atoms with Gasteiger partial charge in [0.05, 0.1) is 29.3 Å². The van der Waals surface area contributed by atoms with Crippen LogP contribution in [0.15, 0.2) is 0 Å². The van der Waals surface area contributed by atoms with Gasteiger partial charge in [0, 0.05) is 0 Å². The van der Waals surface area contributed by atoms with E-state index >= 15 is 0 Å². The summed E-state index contributed by atoms with van der Waals surface area (Å²) in [5.41, 5.74) is 7.84. The highest BCUT2D eigenvalue weighted by Crippen LogP contribution is 2.34. The summed E-state index contributed by atoms with van der Waals surface area (Å²) >= 11 is 4.94. The van der Waals surface area contributed by atoms with Crippen LogP contribution in [0.3, 0.4) is 0 Å². The first-order valence-corrected chi connectivity index (χ1v) is 20.8. The number of carbonyl (C=O) groups excluding carboxylic acids is 2. The SMILES string of the molecule is CCCCc1c(C#Cc2sc(C=O)c(CCCC)c2CCCC)sc(C#Cc2sc(C=O)c(CCCC)c2CCCC)c1CCCC. The van der Waals surface area contributed by atoms with Crippen LogP contribution >= 0.6 is 34.0 Å². The molecule has 0 aliphatic heterocycles. The molecule has 3 aromatic heterocycles. The second-order valence-corrected chi connectivity index (χ2v) is 15.7. The molecule has 0 aliphatic carbocycles. The quantitative estimate of drug-likeness (QED) is 0.0874. The normalized spacial score (nSPS) is 10.9. The fraction of sp³-hybridized carbons (Fsp3) is 0.571. The summed E-state index contributed by atoms with van der Waals surface area (Å²) < 4.78 is 0. The fourth-order valence-corrected chi connectivity index (χ4v) is 9.32. The highest BCUT2D eigenvalue weighted by atomic mass is 32.1. The maximum absolute atomic E-state index is 12.1. The van der Waals surface area contributed by atoms with Gasteiger partial charge < -0.3 is 0 Å². The van der Waals surface area contributed by atoms with Crippen LogP contribution in [0, 0.1) is 23.7 Å². The van der Waals surface area contributed by atoms with Gasteiger partial charge in [0.25, 0.3) is 0 Å². The lowest BCUT2D eigenvalue weighted by molar-refractivity contribution is 0.111. The molecule has 0 radical (unpaired) electrons. The van der Waals surface area contributed by atoms with Crippen molar-refractivity contribution in [2.45, 2.75) is 157 Å². The third-order valence-corrected chi connectivity index (χ3v) is 12.2. The van der Waals surface area contributed by atoms with E-state index < -0.39 is 0 Å². The summed E-state index contributed by atoms with van der Waals surface area (Å²) in [5.74, 6) is 14.5. The van der Waals surface area contributed by atoms with E-state index in [-0.39, 0.29) is 0 Å². The van der Waals surface area contributed by atoms with E-state index in [2.05, 4.69) is 65.2 Å². The predicted molar refractivity (Wildman–Crippen MR) is 207 cm³/mol. The summed E-state index contributed by atoms with van der Waals surface area (Å²) in [7, 11) is 0. The van der Waals surface area contributed by atoms with Crippen molar-refractivity contribution in [1.82, 2.24) is 0 Å². The minimum Gasteiger partial charge on any atom is -0.297 e. The van der Waals surface area contributed by atoms with E-state index in [0.717, 1.165) is 157 Å². The average molecular weight is 689 g/mol. The van der Waals surface area contributed by atoms with Gasteiger partial charge in [-0.15, -0.1) is 34.0 Å². The van der Waals surface area contributed by atoms with E-state index in [9.17, 15) is 9.59 Å². The fourth-order valence-electron chi connectivity index (χ4n) is 6.09. The topological polar surface area (TPSA) is 34.1 Å². The molecule has 0 amide bonds. The molecule has 0 fully saturated rings. The number of carbonyl (C=O) groups is 2. The zero-order chi connectivity index (χ0) is 34.0. The van der Waals surface area contributed by atoms with Gasteiger partial charge in [-0.05, 0) is 134 Å².